The largest absolute Gasteiger partial charge is 0.359 e. The second kappa shape index (κ2) is 6.06. The number of hydrogen-bond acceptors (Lipinski definition) is 1. The first-order valence-corrected chi connectivity index (χ1v) is 7.55. The van der Waals surface area contributed by atoms with E-state index < -0.39 is 0 Å². The molecule has 1 aromatic heterocycles. The average molecular weight is 292 g/mol. The number of benzene rings is 2. The van der Waals surface area contributed by atoms with Crippen LogP contribution >= 0.6 is 0 Å². The van der Waals surface area contributed by atoms with Crippen LogP contribution in [-0.2, 0) is 11.2 Å². The zero-order chi connectivity index (χ0) is 15.5. The highest BCUT2D eigenvalue weighted by Crippen LogP contribution is 2.24. The number of hydrogen-bond donors (Lipinski definition) is 2. The molecule has 0 bridgehead atoms. The molecule has 0 spiro atoms. The maximum Gasteiger partial charge on any atom is 0.224 e. The molecule has 0 fully saturated rings. The highest BCUT2D eigenvalue weighted by molar-refractivity contribution is 6.01. The number of carbonyl (C=O) groups is 1. The van der Waals surface area contributed by atoms with Crippen molar-refractivity contribution in [3.8, 4) is 0 Å². The van der Waals surface area contributed by atoms with Crippen molar-refractivity contribution in [2.75, 3.05) is 5.32 Å². The van der Waals surface area contributed by atoms with E-state index >= 15 is 0 Å². The first kappa shape index (κ1) is 14.4. The van der Waals surface area contributed by atoms with Gasteiger partial charge in [0.05, 0.1) is 5.69 Å². The van der Waals surface area contributed by atoms with Crippen molar-refractivity contribution in [2.24, 2.45) is 0 Å². The third kappa shape index (κ3) is 3.19. The third-order valence-corrected chi connectivity index (χ3v) is 3.83. The summed E-state index contributed by atoms with van der Waals surface area (Å²) in [7, 11) is 0. The fraction of sp³-hybridized carbons (Fsp3) is 0.211. The van der Waals surface area contributed by atoms with E-state index in [1.807, 2.05) is 25.1 Å². The van der Waals surface area contributed by atoms with Gasteiger partial charge in [-0.1, -0.05) is 35.9 Å². The minimum Gasteiger partial charge on any atom is -0.359 e. The molecule has 1 heterocycles. The lowest BCUT2D eigenvalue weighted by Gasteiger charge is -2.07. The van der Waals surface area contributed by atoms with E-state index in [1.165, 1.54) is 11.1 Å². The van der Waals surface area contributed by atoms with Crippen LogP contribution in [0.2, 0.25) is 0 Å². The summed E-state index contributed by atoms with van der Waals surface area (Å²) in [6.07, 6.45) is 1.25. The summed E-state index contributed by atoms with van der Waals surface area (Å²) < 4.78 is 0. The van der Waals surface area contributed by atoms with Crippen molar-refractivity contribution in [1.82, 2.24) is 4.98 Å². The quantitative estimate of drug-likeness (QED) is 0.737. The summed E-state index contributed by atoms with van der Waals surface area (Å²) in [5, 5.41) is 4.08. The van der Waals surface area contributed by atoms with Gasteiger partial charge < -0.3 is 10.3 Å². The molecule has 0 aliphatic heterocycles. The number of anilines is 1. The molecule has 22 heavy (non-hydrogen) atoms. The summed E-state index contributed by atoms with van der Waals surface area (Å²) in [5.41, 5.74) is 5.44. The maximum atomic E-state index is 12.2. The molecule has 3 rings (SSSR count). The molecule has 0 radical (unpaired) electrons. The minimum atomic E-state index is 0.0481. The summed E-state index contributed by atoms with van der Waals surface area (Å²) in [4.78, 5) is 15.5. The van der Waals surface area contributed by atoms with Crippen molar-refractivity contribution in [1.29, 1.82) is 0 Å². The molecule has 3 aromatic rings. The lowest BCUT2D eigenvalue weighted by Crippen LogP contribution is -2.12. The Morgan fingerprint density at radius 3 is 2.64 bits per heavy atom. The van der Waals surface area contributed by atoms with E-state index in [1.54, 1.807) is 0 Å². The Kier molecular flexibility index (Phi) is 3.96. The first-order valence-electron chi connectivity index (χ1n) is 7.55. The molecule has 112 valence electrons. The van der Waals surface area contributed by atoms with Gasteiger partial charge in [-0.05, 0) is 44.0 Å². The SMILES string of the molecule is Cc1ccc(CCC(=O)Nc2cccc3[nH]c(C)cc23)cc1. The summed E-state index contributed by atoms with van der Waals surface area (Å²) in [5.74, 6) is 0.0481. The molecular formula is C19H20N2O. The third-order valence-electron chi connectivity index (χ3n) is 3.83. The number of aromatic amines is 1. The zero-order valence-corrected chi connectivity index (χ0v) is 12.9. The van der Waals surface area contributed by atoms with Crippen molar-refractivity contribution >= 4 is 22.5 Å². The molecule has 0 atom stereocenters. The van der Waals surface area contributed by atoms with E-state index in [9.17, 15) is 4.79 Å². The molecule has 2 aromatic carbocycles. The topological polar surface area (TPSA) is 44.9 Å². The Morgan fingerprint density at radius 1 is 1.09 bits per heavy atom. The van der Waals surface area contributed by atoms with Gasteiger partial charge in [-0.25, -0.2) is 0 Å². The van der Waals surface area contributed by atoms with E-state index in [4.69, 9.17) is 0 Å². The number of aryl methyl sites for hydroxylation is 3. The van der Waals surface area contributed by atoms with Gasteiger partial charge in [0, 0.05) is 23.0 Å². The van der Waals surface area contributed by atoms with Crippen LogP contribution in [0.4, 0.5) is 5.69 Å². The van der Waals surface area contributed by atoms with Gasteiger partial charge in [0.25, 0.3) is 0 Å². The summed E-state index contributed by atoms with van der Waals surface area (Å²) >= 11 is 0. The zero-order valence-electron chi connectivity index (χ0n) is 12.9. The van der Waals surface area contributed by atoms with Crippen molar-refractivity contribution < 1.29 is 4.79 Å². The number of amides is 1. The predicted octanol–water partition coefficient (Wildman–Crippen LogP) is 4.36. The van der Waals surface area contributed by atoms with Crippen LogP contribution in [0.1, 0.15) is 23.2 Å². The highest BCUT2D eigenvalue weighted by atomic mass is 16.1. The van der Waals surface area contributed by atoms with Crippen molar-refractivity contribution in [3.05, 3.63) is 65.4 Å². The first-order chi connectivity index (χ1) is 10.6. The van der Waals surface area contributed by atoms with Crippen LogP contribution in [0.5, 0.6) is 0 Å². The van der Waals surface area contributed by atoms with Gasteiger partial charge in [0.1, 0.15) is 0 Å². The number of fused-ring (bicyclic) bond motifs is 1. The fourth-order valence-corrected chi connectivity index (χ4v) is 2.63. The molecule has 3 heteroatoms. The normalized spacial score (nSPS) is 10.8. The molecule has 0 aliphatic carbocycles. The van der Waals surface area contributed by atoms with Gasteiger partial charge >= 0.3 is 0 Å². The molecule has 0 saturated heterocycles. The predicted molar refractivity (Wildman–Crippen MR) is 91.2 cm³/mol. The Hall–Kier alpha value is -2.55. The van der Waals surface area contributed by atoms with Gasteiger partial charge in [0.2, 0.25) is 5.91 Å². The van der Waals surface area contributed by atoms with Crippen LogP contribution in [-0.4, -0.2) is 10.9 Å². The monoisotopic (exact) mass is 292 g/mol. The number of nitrogens with one attached hydrogen (secondary N) is 2. The van der Waals surface area contributed by atoms with Crippen LogP contribution in [0.15, 0.2) is 48.5 Å². The number of rotatable bonds is 4. The summed E-state index contributed by atoms with van der Waals surface area (Å²) in [6, 6.07) is 16.3. The van der Waals surface area contributed by atoms with Gasteiger partial charge in [-0.2, -0.15) is 0 Å². The van der Waals surface area contributed by atoms with Crippen LogP contribution in [0.25, 0.3) is 10.9 Å². The van der Waals surface area contributed by atoms with E-state index in [0.717, 1.165) is 28.7 Å². The number of H-pyrrole nitrogens is 1. The Balaban J connectivity index is 1.67. The molecule has 3 nitrogen and oxygen atoms in total. The molecule has 0 aliphatic rings. The number of aromatic nitrogens is 1. The average Bonchev–Trinajstić information content (AvgIpc) is 2.88. The minimum absolute atomic E-state index is 0.0481. The fourth-order valence-electron chi connectivity index (χ4n) is 2.63. The Labute approximate surface area is 130 Å². The second-order valence-electron chi connectivity index (χ2n) is 5.75. The molecule has 1 amide bonds. The lowest BCUT2D eigenvalue weighted by molar-refractivity contribution is -0.116. The molecule has 2 N–H and O–H groups in total. The number of carbonyl (C=O) groups excluding carboxylic acids is 1. The molecule has 0 saturated carbocycles. The smallest absolute Gasteiger partial charge is 0.224 e. The Morgan fingerprint density at radius 2 is 1.86 bits per heavy atom. The molecular weight excluding hydrogens is 272 g/mol. The van der Waals surface area contributed by atoms with Crippen molar-refractivity contribution in [3.63, 3.8) is 0 Å². The van der Waals surface area contributed by atoms with Gasteiger partial charge in [-0.3, -0.25) is 4.79 Å². The molecule has 0 unspecified atom stereocenters. The Bertz CT molecular complexity index is 800. The highest BCUT2D eigenvalue weighted by Gasteiger charge is 2.07. The standard InChI is InChI=1S/C19H20N2O/c1-13-6-8-15(9-7-13)10-11-19(22)21-18-5-3-4-17-16(18)12-14(2)20-17/h3-9,12,20H,10-11H2,1-2H3,(H,21,22). The van der Waals surface area contributed by atoms with E-state index in [0.29, 0.717) is 6.42 Å². The van der Waals surface area contributed by atoms with Crippen molar-refractivity contribution in [2.45, 2.75) is 26.7 Å². The second-order valence-corrected chi connectivity index (χ2v) is 5.75. The van der Waals surface area contributed by atoms with Crippen LogP contribution < -0.4 is 5.32 Å². The summed E-state index contributed by atoms with van der Waals surface area (Å²) in [6.45, 7) is 4.08. The van der Waals surface area contributed by atoms with Gasteiger partial charge in [0.15, 0.2) is 0 Å². The van der Waals surface area contributed by atoms with E-state index in [2.05, 4.69) is 47.6 Å². The maximum absolute atomic E-state index is 12.2. The van der Waals surface area contributed by atoms with Crippen LogP contribution in [0.3, 0.4) is 0 Å². The van der Waals surface area contributed by atoms with E-state index in [-0.39, 0.29) is 5.91 Å². The lowest BCUT2D eigenvalue weighted by atomic mass is 10.1. The van der Waals surface area contributed by atoms with Gasteiger partial charge in [-0.15, -0.1) is 0 Å². The van der Waals surface area contributed by atoms with Crippen LogP contribution in [0, 0.1) is 13.8 Å².